The first-order valence-electron chi connectivity index (χ1n) is 4.60. The monoisotopic (exact) mass is 155 g/mol. The molecule has 1 nitrogen and oxygen atoms in total. The fourth-order valence-corrected chi connectivity index (χ4v) is 0.974. The van der Waals surface area contributed by atoms with Crippen LogP contribution in [0.3, 0.4) is 0 Å². The van der Waals surface area contributed by atoms with E-state index < -0.39 is 0 Å². The molecule has 0 aliphatic heterocycles. The van der Waals surface area contributed by atoms with E-state index in [0.29, 0.717) is 0 Å². The van der Waals surface area contributed by atoms with Gasteiger partial charge in [-0.25, -0.2) is 0 Å². The first-order valence-corrected chi connectivity index (χ1v) is 4.60. The summed E-state index contributed by atoms with van der Waals surface area (Å²) < 4.78 is 0. The number of nitrogens with zero attached hydrogens (tertiary/aromatic N) is 1. The molecule has 0 N–H and O–H groups in total. The van der Waals surface area contributed by atoms with Gasteiger partial charge in [0.2, 0.25) is 0 Å². The van der Waals surface area contributed by atoms with Gasteiger partial charge in [0.05, 0.1) is 0 Å². The normalized spacial score (nSPS) is 10.8. The van der Waals surface area contributed by atoms with E-state index in [1.54, 1.807) is 0 Å². The molecule has 66 valence electrons. The van der Waals surface area contributed by atoms with Gasteiger partial charge in [0.1, 0.15) is 0 Å². The van der Waals surface area contributed by atoms with Crippen molar-refractivity contribution in [2.24, 2.45) is 0 Å². The average molecular weight is 155 g/mol. The molecule has 0 heterocycles. The van der Waals surface area contributed by atoms with Crippen molar-refractivity contribution in [1.82, 2.24) is 4.90 Å². The van der Waals surface area contributed by atoms with Crippen LogP contribution in [0.5, 0.6) is 0 Å². The lowest BCUT2D eigenvalue weighted by molar-refractivity contribution is 0.558. The summed E-state index contributed by atoms with van der Waals surface area (Å²) in [6, 6.07) is 0. The molecule has 0 atom stereocenters. The number of hydrogen-bond acceptors (Lipinski definition) is 1. The molecule has 0 aromatic heterocycles. The second-order valence-corrected chi connectivity index (χ2v) is 3.20. The smallest absolute Gasteiger partial charge is 0.00555 e. The van der Waals surface area contributed by atoms with Gasteiger partial charge < -0.3 is 4.90 Å². The molecule has 0 aliphatic carbocycles. The Morgan fingerprint density at radius 1 is 1.09 bits per heavy atom. The fourth-order valence-electron chi connectivity index (χ4n) is 0.974. The standard InChI is InChI=1S/C10H21N/c1-4-5-6-7-8-9-10-11(2)3/h9-10H,4-8H2,1-3H3/b10-9-. The van der Waals surface area contributed by atoms with Crippen LogP contribution in [0.4, 0.5) is 0 Å². The summed E-state index contributed by atoms with van der Waals surface area (Å²) in [4.78, 5) is 2.08. The third kappa shape index (κ3) is 9.54. The highest BCUT2D eigenvalue weighted by molar-refractivity contribution is 4.78. The zero-order chi connectivity index (χ0) is 8.53. The number of unbranched alkanes of at least 4 members (excludes halogenated alkanes) is 4. The Bertz CT molecular complexity index is 95.0. The van der Waals surface area contributed by atoms with Crippen LogP contribution in [0.1, 0.15) is 39.0 Å². The van der Waals surface area contributed by atoms with Crippen molar-refractivity contribution in [1.29, 1.82) is 0 Å². The van der Waals surface area contributed by atoms with Crippen molar-refractivity contribution < 1.29 is 0 Å². The van der Waals surface area contributed by atoms with Gasteiger partial charge in [-0.05, 0) is 19.0 Å². The highest BCUT2D eigenvalue weighted by atomic mass is 15.0. The van der Waals surface area contributed by atoms with Crippen LogP contribution < -0.4 is 0 Å². The number of allylic oxidation sites excluding steroid dienone is 1. The predicted octanol–water partition coefficient (Wildman–Crippen LogP) is 3.03. The van der Waals surface area contributed by atoms with Crippen LogP contribution in [0.15, 0.2) is 12.3 Å². The van der Waals surface area contributed by atoms with E-state index in [4.69, 9.17) is 0 Å². The molecule has 0 rings (SSSR count). The Kier molecular flexibility index (Phi) is 7.33. The molecule has 0 spiro atoms. The summed E-state index contributed by atoms with van der Waals surface area (Å²) in [5.41, 5.74) is 0. The van der Waals surface area contributed by atoms with Gasteiger partial charge in [-0.2, -0.15) is 0 Å². The predicted molar refractivity (Wildman–Crippen MR) is 51.6 cm³/mol. The minimum atomic E-state index is 1.23. The van der Waals surface area contributed by atoms with Crippen molar-refractivity contribution >= 4 is 0 Å². The van der Waals surface area contributed by atoms with Crippen LogP contribution in [-0.2, 0) is 0 Å². The highest BCUT2D eigenvalue weighted by Gasteiger charge is 1.83. The summed E-state index contributed by atoms with van der Waals surface area (Å²) in [6.07, 6.45) is 11.1. The SMILES string of the molecule is CCCCCC/C=C\N(C)C. The van der Waals surface area contributed by atoms with Gasteiger partial charge in [0.25, 0.3) is 0 Å². The molecule has 0 bridgehead atoms. The molecule has 0 saturated carbocycles. The van der Waals surface area contributed by atoms with Crippen molar-refractivity contribution in [2.75, 3.05) is 14.1 Å². The maximum absolute atomic E-state index is 2.25. The summed E-state index contributed by atoms with van der Waals surface area (Å²) in [5.74, 6) is 0. The van der Waals surface area contributed by atoms with Crippen molar-refractivity contribution in [3.05, 3.63) is 12.3 Å². The first kappa shape index (κ1) is 10.5. The van der Waals surface area contributed by atoms with Crippen molar-refractivity contribution in [3.63, 3.8) is 0 Å². The lowest BCUT2D eigenvalue weighted by atomic mass is 10.1. The first-order chi connectivity index (χ1) is 5.27. The molecule has 0 fully saturated rings. The molecule has 0 aromatic rings. The number of rotatable bonds is 6. The van der Waals surface area contributed by atoms with E-state index in [0.717, 1.165) is 0 Å². The van der Waals surface area contributed by atoms with Crippen LogP contribution in [0.2, 0.25) is 0 Å². The van der Waals surface area contributed by atoms with Gasteiger partial charge in [-0.3, -0.25) is 0 Å². The van der Waals surface area contributed by atoms with E-state index in [-0.39, 0.29) is 0 Å². The zero-order valence-electron chi connectivity index (χ0n) is 8.14. The van der Waals surface area contributed by atoms with E-state index >= 15 is 0 Å². The molecular weight excluding hydrogens is 134 g/mol. The lowest BCUT2D eigenvalue weighted by Crippen LogP contribution is -1.99. The minimum Gasteiger partial charge on any atom is -0.384 e. The summed E-state index contributed by atoms with van der Waals surface area (Å²) >= 11 is 0. The Labute approximate surface area is 71.1 Å². The second-order valence-electron chi connectivity index (χ2n) is 3.20. The van der Waals surface area contributed by atoms with Gasteiger partial charge in [0, 0.05) is 14.1 Å². The summed E-state index contributed by atoms with van der Waals surface area (Å²) in [6.45, 7) is 2.25. The van der Waals surface area contributed by atoms with Crippen LogP contribution in [0, 0.1) is 0 Å². The molecule has 1 heteroatoms. The highest BCUT2D eigenvalue weighted by Crippen LogP contribution is 2.02. The molecule has 0 aliphatic rings. The van der Waals surface area contributed by atoms with Crippen LogP contribution in [-0.4, -0.2) is 19.0 Å². The zero-order valence-corrected chi connectivity index (χ0v) is 8.14. The molecule has 0 saturated heterocycles. The van der Waals surface area contributed by atoms with Gasteiger partial charge in [0.15, 0.2) is 0 Å². The third-order valence-electron chi connectivity index (χ3n) is 1.63. The Balaban J connectivity index is 3.01. The van der Waals surface area contributed by atoms with Gasteiger partial charge in [-0.1, -0.05) is 32.3 Å². The van der Waals surface area contributed by atoms with E-state index in [1.165, 1.54) is 32.1 Å². The molecular formula is C10H21N. The maximum atomic E-state index is 2.25. The summed E-state index contributed by atoms with van der Waals surface area (Å²) in [7, 11) is 4.12. The van der Waals surface area contributed by atoms with Crippen molar-refractivity contribution in [3.8, 4) is 0 Å². The third-order valence-corrected chi connectivity index (χ3v) is 1.63. The molecule has 11 heavy (non-hydrogen) atoms. The van der Waals surface area contributed by atoms with Gasteiger partial charge >= 0.3 is 0 Å². The van der Waals surface area contributed by atoms with Crippen molar-refractivity contribution in [2.45, 2.75) is 39.0 Å². The minimum absolute atomic E-state index is 1.23. The van der Waals surface area contributed by atoms with Gasteiger partial charge in [-0.15, -0.1) is 0 Å². The molecule has 0 radical (unpaired) electrons. The quantitative estimate of drug-likeness (QED) is 0.533. The fraction of sp³-hybridized carbons (Fsp3) is 0.800. The molecule has 0 amide bonds. The van der Waals surface area contributed by atoms with Crippen LogP contribution >= 0.6 is 0 Å². The largest absolute Gasteiger partial charge is 0.384 e. The Morgan fingerprint density at radius 3 is 2.36 bits per heavy atom. The van der Waals surface area contributed by atoms with E-state index in [1.807, 2.05) is 0 Å². The molecule has 0 aromatic carbocycles. The van der Waals surface area contributed by atoms with E-state index in [2.05, 4.69) is 38.2 Å². The topological polar surface area (TPSA) is 3.24 Å². The average Bonchev–Trinajstić information content (AvgIpc) is 1.96. The van der Waals surface area contributed by atoms with E-state index in [9.17, 15) is 0 Å². The van der Waals surface area contributed by atoms with Crippen LogP contribution in [0.25, 0.3) is 0 Å². The Morgan fingerprint density at radius 2 is 1.82 bits per heavy atom. The number of hydrogen-bond donors (Lipinski definition) is 0. The second kappa shape index (κ2) is 7.64. The molecule has 0 unspecified atom stereocenters. The Hall–Kier alpha value is -0.460. The lowest BCUT2D eigenvalue weighted by Gasteiger charge is -2.02. The summed E-state index contributed by atoms with van der Waals surface area (Å²) in [5, 5.41) is 0. The maximum Gasteiger partial charge on any atom is 0.00555 e.